The number of rotatable bonds is 6. The molecule has 0 heterocycles. The van der Waals surface area contributed by atoms with Gasteiger partial charge in [-0.1, -0.05) is 22.9 Å². The molecular formula is C7H17BrO3Si. The lowest BCUT2D eigenvalue weighted by atomic mass is 10.6. The Morgan fingerprint density at radius 1 is 1.33 bits per heavy atom. The van der Waals surface area contributed by atoms with Gasteiger partial charge in [0.05, 0.1) is 0 Å². The summed E-state index contributed by atoms with van der Waals surface area (Å²) in [7, 11) is 0.926. The zero-order valence-electron chi connectivity index (χ0n) is 8.09. The standard InChI is InChI=1S/C7H17BrO3Si/c1-5-11-12(9-3,10-4)6-7(2)8/h7H,5-6H2,1-4H3. The van der Waals surface area contributed by atoms with E-state index in [4.69, 9.17) is 13.3 Å². The van der Waals surface area contributed by atoms with Crippen LogP contribution in [0.1, 0.15) is 13.8 Å². The van der Waals surface area contributed by atoms with Crippen LogP contribution in [0.2, 0.25) is 6.04 Å². The van der Waals surface area contributed by atoms with Crippen LogP contribution in [0.15, 0.2) is 0 Å². The molecule has 0 fully saturated rings. The van der Waals surface area contributed by atoms with E-state index in [1.54, 1.807) is 14.2 Å². The van der Waals surface area contributed by atoms with Crippen molar-refractivity contribution in [2.45, 2.75) is 24.7 Å². The van der Waals surface area contributed by atoms with Crippen molar-refractivity contribution in [3.05, 3.63) is 0 Å². The molecule has 0 aromatic carbocycles. The number of hydrogen-bond donors (Lipinski definition) is 0. The normalized spacial score (nSPS) is 14.8. The Morgan fingerprint density at radius 3 is 2.08 bits per heavy atom. The molecule has 0 aliphatic carbocycles. The van der Waals surface area contributed by atoms with Crippen molar-refractivity contribution in [3.8, 4) is 0 Å². The number of halogens is 1. The van der Waals surface area contributed by atoms with Gasteiger partial charge < -0.3 is 13.3 Å². The largest absolute Gasteiger partial charge is 0.501 e. The fourth-order valence-corrected chi connectivity index (χ4v) is 4.16. The highest BCUT2D eigenvalue weighted by molar-refractivity contribution is 9.09. The maximum Gasteiger partial charge on any atom is 0.501 e. The average Bonchev–Trinajstić information content (AvgIpc) is 2.03. The van der Waals surface area contributed by atoms with Gasteiger partial charge in [0.2, 0.25) is 0 Å². The second-order valence-corrected chi connectivity index (χ2v) is 6.95. The van der Waals surface area contributed by atoms with Crippen LogP contribution in [0.3, 0.4) is 0 Å². The lowest BCUT2D eigenvalue weighted by Crippen LogP contribution is -2.45. The molecule has 0 aliphatic heterocycles. The van der Waals surface area contributed by atoms with E-state index < -0.39 is 8.80 Å². The molecule has 0 radical (unpaired) electrons. The van der Waals surface area contributed by atoms with Crippen LogP contribution in [0.25, 0.3) is 0 Å². The first-order valence-corrected chi connectivity index (χ1v) is 6.83. The van der Waals surface area contributed by atoms with Gasteiger partial charge in [0, 0.05) is 31.7 Å². The average molecular weight is 257 g/mol. The lowest BCUT2D eigenvalue weighted by Gasteiger charge is -2.26. The molecule has 74 valence electrons. The summed E-state index contributed by atoms with van der Waals surface area (Å²) >= 11 is 3.46. The molecule has 1 unspecified atom stereocenters. The first-order chi connectivity index (χ1) is 5.60. The Balaban J connectivity index is 4.13. The van der Waals surface area contributed by atoms with E-state index in [0.717, 1.165) is 6.04 Å². The summed E-state index contributed by atoms with van der Waals surface area (Å²) < 4.78 is 16.1. The molecule has 0 aromatic heterocycles. The second-order valence-electron chi connectivity index (χ2n) is 2.51. The van der Waals surface area contributed by atoms with Crippen LogP contribution in [-0.2, 0) is 13.3 Å². The van der Waals surface area contributed by atoms with Gasteiger partial charge >= 0.3 is 8.80 Å². The summed E-state index contributed by atoms with van der Waals surface area (Å²) in [6.07, 6.45) is 0. The maximum absolute atomic E-state index is 5.50. The van der Waals surface area contributed by atoms with E-state index in [0.29, 0.717) is 11.4 Å². The smallest absolute Gasteiger partial charge is 0.377 e. The summed E-state index contributed by atoms with van der Waals surface area (Å²) in [6, 6.07) is 0.799. The maximum atomic E-state index is 5.50. The zero-order valence-corrected chi connectivity index (χ0v) is 10.7. The van der Waals surface area contributed by atoms with E-state index in [1.807, 2.05) is 6.92 Å². The fraction of sp³-hybridized carbons (Fsp3) is 1.00. The molecule has 12 heavy (non-hydrogen) atoms. The fourth-order valence-electron chi connectivity index (χ4n) is 0.991. The van der Waals surface area contributed by atoms with Gasteiger partial charge in [-0.3, -0.25) is 0 Å². The Bertz CT molecular complexity index is 117. The highest BCUT2D eigenvalue weighted by Crippen LogP contribution is 2.19. The molecular weight excluding hydrogens is 240 g/mol. The highest BCUT2D eigenvalue weighted by atomic mass is 79.9. The molecule has 3 nitrogen and oxygen atoms in total. The van der Waals surface area contributed by atoms with Crippen molar-refractivity contribution in [2.24, 2.45) is 0 Å². The van der Waals surface area contributed by atoms with E-state index in [-0.39, 0.29) is 0 Å². The molecule has 0 aromatic rings. The molecule has 5 heteroatoms. The van der Waals surface area contributed by atoms with Crippen molar-refractivity contribution >= 4 is 24.7 Å². The second kappa shape index (κ2) is 6.10. The van der Waals surface area contributed by atoms with E-state index in [9.17, 15) is 0 Å². The summed E-state index contributed by atoms with van der Waals surface area (Å²) in [5.41, 5.74) is 0. The van der Waals surface area contributed by atoms with Crippen LogP contribution >= 0.6 is 15.9 Å². The molecule has 0 saturated heterocycles. The van der Waals surface area contributed by atoms with Crippen molar-refractivity contribution in [1.29, 1.82) is 0 Å². The predicted molar refractivity (Wildman–Crippen MR) is 54.6 cm³/mol. The van der Waals surface area contributed by atoms with Gasteiger partial charge in [0.25, 0.3) is 0 Å². The monoisotopic (exact) mass is 256 g/mol. The number of hydrogen-bond acceptors (Lipinski definition) is 3. The highest BCUT2D eigenvalue weighted by Gasteiger charge is 2.39. The van der Waals surface area contributed by atoms with Crippen LogP contribution in [-0.4, -0.2) is 34.5 Å². The summed E-state index contributed by atoms with van der Waals surface area (Å²) in [6.45, 7) is 4.63. The molecule has 0 amide bonds. The summed E-state index contributed by atoms with van der Waals surface area (Å²) in [4.78, 5) is 0.357. The molecule has 0 spiro atoms. The molecule has 0 saturated carbocycles. The van der Waals surface area contributed by atoms with Gasteiger partial charge in [0.15, 0.2) is 0 Å². The molecule has 0 bridgehead atoms. The van der Waals surface area contributed by atoms with Crippen LogP contribution in [0.4, 0.5) is 0 Å². The minimum absolute atomic E-state index is 0.357. The van der Waals surface area contributed by atoms with Crippen LogP contribution in [0, 0.1) is 0 Å². The first-order valence-electron chi connectivity index (χ1n) is 3.98. The van der Waals surface area contributed by atoms with Crippen LogP contribution < -0.4 is 0 Å². The summed E-state index contributed by atoms with van der Waals surface area (Å²) in [5, 5.41) is 0. The Labute approximate surface area is 83.9 Å². The summed E-state index contributed by atoms with van der Waals surface area (Å²) in [5.74, 6) is 0. The van der Waals surface area contributed by atoms with Crippen molar-refractivity contribution < 1.29 is 13.3 Å². The minimum atomic E-state index is -2.35. The number of alkyl halides is 1. The predicted octanol–water partition coefficient (Wildman–Crippen LogP) is 2.04. The van der Waals surface area contributed by atoms with Gasteiger partial charge in [-0.15, -0.1) is 0 Å². The first kappa shape index (κ1) is 12.6. The van der Waals surface area contributed by atoms with Crippen molar-refractivity contribution in [2.75, 3.05) is 20.8 Å². The molecule has 1 atom stereocenters. The SMILES string of the molecule is CCO[Si](CC(C)Br)(OC)OC. The van der Waals surface area contributed by atoms with Gasteiger partial charge in [-0.2, -0.15) is 0 Å². The Morgan fingerprint density at radius 2 is 1.83 bits per heavy atom. The van der Waals surface area contributed by atoms with Gasteiger partial charge in [-0.05, 0) is 6.92 Å². The molecule has 0 aliphatic rings. The van der Waals surface area contributed by atoms with Gasteiger partial charge in [-0.25, -0.2) is 0 Å². The molecule has 0 rings (SSSR count). The Kier molecular flexibility index (Phi) is 6.39. The topological polar surface area (TPSA) is 27.7 Å². The lowest BCUT2D eigenvalue weighted by molar-refractivity contribution is 0.104. The quantitative estimate of drug-likeness (QED) is 0.538. The minimum Gasteiger partial charge on any atom is -0.377 e. The zero-order chi connectivity index (χ0) is 9.61. The van der Waals surface area contributed by atoms with E-state index in [1.165, 1.54) is 0 Å². The van der Waals surface area contributed by atoms with Gasteiger partial charge in [0.1, 0.15) is 0 Å². The van der Waals surface area contributed by atoms with Crippen molar-refractivity contribution in [3.63, 3.8) is 0 Å². The van der Waals surface area contributed by atoms with Crippen LogP contribution in [0.5, 0.6) is 0 Å². The molecule has 0 N–H and O–H groups in total. The Hall–Kier alpha value is 0.577. The third-order valence-corrected chi connectivity index (χ3v) is 5.52. The third-order valence-electron chi connectivity index (χ3n) is 1.52. The van der Waals surface area contributed by atoms with E-state index >= 15 is 0 Å². The third kappa shape index (κ3) is 4.00. The van der Waals surface area contributed by atoms with Crippen molar-refractivity contribution in [1.82, 2.24) is 0 Å². The van der Waals surface area contributed by atoms with E-state index in [2.05, 4.69) is 22.9 Å².